The second-order valence-corrected chi connectivity index (χ2v) is 9.09. The molecule has 0 saturated heterocycles. The smallest absolute Gasteiger partial charge is 0.232 e. The summed E-state index contributed by atoms with van der Waals surface area (Å²) < 4.78 is 11.0. The van der Waals surface area contributed by atoms with Crippen molar-refractivity contribution in [3.63, 3.8) is 0 Å². The molecule has 2 aromatic rings. The molecule has 0 spiro atoms. The number of nitrogens with zero attached hydrogens (tertiary/aromatic N) is 2. The van der Waals surface area contributed by atoms with Gasteiger partial charge in [0.2, 0.25) is 12.7 Å². The predicted octanol–water partition coefficient (Wildman–Crippen LogP) is 3.60. The monoisotopic (exact) mass is 381 g/mol. The maximum Gasteiger partial charge on any atom is 0.232 e. The number of rotatable bonds is 4. The maximum atomic E-state index is 13.5. The van der Waals surface area contributed by atoms with Crippen LogP contribution in [0.3, 0.4) is 0 Å². The van der Waals surface area contributed by atoms with Crippen LogP contribution in [-0.4, -0.2) is 29.2 Å². The van der Waals surface area contributed by atoms with Crippen LogP contribution in [0.4, 0.5) is 0 Å². The Balaban J connectivity index is 1.70. The molecule has 2 heterocycles. The van der Waals surface area contributed by atoms with Gasteiger partial charge in [-0.15, -0.1) is 0 Å². The second-order valence-electron chi connectivity index (χ2n) is 9.09. The molecule has 2 aliphatic carbocycles. The van der Waals surface area contributed by atoms with Gasteiger partial charge in [-0.2, -0.15) is 0 Å². The zero-order valence-electron chi connectivity index (χ0n) is 17.0. The topological polar surface area (TPSA) is 73.3 Å². The molecule has 2 bridgehead atoms. The van der Waals surface area contributed by atoms with E-state index in [0.29, 0.717) is 18.0 Å². The second kappa shape index (κ2) is 5.58. The quantitative estimate of drug-likeness (QED) is 0.819. The van der Waals surface area contributed by atoms with E-state index >= 15 is 0 Å². The van der Waals surface area contributed by atoms with Crippen LogP contribution >= 0.6 is 0 Å². The minimum atomic E-state index is -0.637. The van der Waals surface area contributed by atoms with Gasteiger partial charge in [-0.1, -0.05) is 34.1 Å². The minimum absolute atomic E-state index is 0.0998. The number of unbranched alkanes of at least 4 members (excludes halogenated alkanes) is 1. The molecule has 1 aromatic carbocycles. The Bertz CT molecular complexity index is 1000. The molecule has 0 radical (unpaired) electrons. The van der Waals surface area contributed by atoms with Crippen molar-refractivity contribution < 1.29 is 14.3 Å². The van der Waals surface area contributed by atoms with Gasteiger partial charge in [0.15, 0.2) is 11.5 Å². The highest BCUT2D eigenvalue weighted by atomic mass is 16.7. The molecule has 6 heteroatoms. The maximum absolute atomic E-state index is 13.5. The number of hydrogen-bond donors (Lipinski definition) is 1. The fraction of sp³-hybridized carbons (Fsp3) is 0.591. The number of amides is 1. The third-order valence-electron chi connectivity index (χ3n) is 7.74. The fourth-order valence-electron chi connectivity index (χ4n) is 5.53. The van der Waals surface area contributed by atoms with E-state index in [1.807, 2.05) is 12.1 Å². The van der Waals surface area contributed by atoms with Crippen LogP contribution in [0.1, 0.15) is 64.8 Å². The molecule has 28 heavy (non-hydrogen) atoms. The van der Waals surface area contributed by atoms with Crippen molar-refractivity contribution >= 4 is 16.9 Å². The van der Waals surface area contributed by atoms with Crippen LogP contribution in [0.25, 0.3) is 11.0 Å². The van der Waals surface area contributed by atoms with Gasteiger partial charge in [0, 0.05) is 24.1 Å². The lowest BCUT2D eigenvalue weighted by molar-refractivity contribution is -0.130. The Kier molecular flexibility index (Phi) is 3.53. The van der Waals surface area contributed by atoms with Crippen molar-refractivity contribution in [2.24, 2.45) is 5.41 Å². The molecule has 5 rings (SSSR count). The summed E-state index contributed by atoms with van der Waals surface area (Å²) in [6.07, 6.45) is 3.80. The molecule has 2 atom stereocenters. The van der Waals surface area contributed by atoms with Crippen molar-refractivity contribution in [1.29, 1.82) is 0 Å². The predicted molar refractivity (Wildman–Crippen MR) is 106 cm³/mol. The molecule has 1 aliphatic heterocycles. The first-order chi connectivity index (χ1) is 13.3. The molecular weight excluding hydrogens is 354 g/mol. The van der Waals surface area contributed by atoms with Gasteiger partial charge in [-0.3, -0.25) is 4.79 Å². The van der Waals surface area contributed by atoms with E-state index in [0.717, 1.165) is 48.1 Å². The molecule has 3 aliphatic rings. The summed E-state index contributed by atoms with van der Waals surface area (Å²) in [4.78, 5) is 23.6. The normalized spacial score (nSPS) is 28.6. The van der Waals surface area contributed by atoms with Gasteiger partial charge in [0.1, 0.15) is 0 Å². The van der Waals surface area contributed by atoms with E-state index < -0.39 is 5.41 Å². The number of ether oxygens (including phenoxy) is 2. The van der Waals surface area contributed by atoms with Crippen LogP contribution in [0.5, 0.6) is 11.5 Å². The summed E-state index contributed by atoms with van der Waals surface area (Å²) in [6, 6.07) is 3.79. The molecule has 1 aromatic heterocycles. The van der Waals surface area contributed by atoms with E-state index in [2.05, 4.69) is 33.0 Å². The molecule has 1 N–H and O–H groups in total. The van der Waals surface area contributed by atoms with E-state index in [9.17, 15) is 4.79 Å². The van der Waals surface area contributed by atoms with E-state index in [-0.39, 0.29) is 23.5 Å². The number of benzene rings is 1. The molecular formula is C22H27N3O3. The first-order valence-corrected chi connectivity index (χ1v) is 10.3. The number of carbonyl (C=O) groups excluding carboxylic acids is 1. The Morgan fingerprint density at radius 2 is 1.71 bits per heavy atom. The fourth-order valence-corrected chi connectivity index (χ4v) is 5.53. The third-order valence-corrected chi connectivity index (χ3v) is 7.74. The Morgan fingerprint density at radius 1 is 1.07 bits per heavy atom. The third kappa shape index (κ3) is 1.91. The molecule has 1 fully saturated rings. The SMILES string of the molecule is CCCCNC(=O)C12CCC(C)(c3nc4cc5c(cc4nc31)OCO5)C2(C)C. The van der Waals surface area contributed by atoms with E-state index in [1.54, 1.807) is 0 Å². The first kappa shape index (κ1) is 17.7. The zero-order valence-corrected chi connectivity index (χ0v) is 17.0. The highest BCUT2D eigenvalue weighted by Gasteiger charge is 2.73. The highest BCUT2D eigenvalue weighted by molar-refractivity contribution is 5.93. The number of fused-ring (bicyclic) bond motifs is 7. The lowest BCUT2D eigenvalue weighted by Gasteiger charge is -2.39. The average molecular weight is 381 g/mol. The molecule has 148 valence electrons. The first-order valence-electron chi connectivity index (χ1n) is 10.3. The lowest BCUT2D eigenvalue weighted by Crippen LogP contribution is -2.51. The van der Waals surface area contributed by atoms with Crippen LogP contribution in [0, 0.1) is 5.41 Å². The van der Waals surface area contributed by atoms with Gasteiger partial charge >= 0.3 is 0 Å². The highest BCUT2D eigenvalue weighted by Crippen LogP contribution is 2.70. The van der Waals surface area contributed by atoms with Crippen molar-refractivity contribution in [3.05, 3.63) is 23.5 Å². The number of carbonyl (C=O) groups is 1. The zero-order chi connectivity index (χ0) is 19.7. The van der Waals surface area contributed by atoms with E-state index in [1.165, 1.54) is 0 Å². The number of nitrogens with one attached hydrogen (secondary N) is 1. The number of hydrogen-bond acceptors (Lipinski definition) is 5. The van der Waals surface area contributed by atoms with Gasteiger partial charge in [-0.25, -0.2) is 9.97 Å². The van der Waals surface area contributed by atoms with Crippen LogP contribution < -0.4 is 14.8 Å². The summed E-state index contributed by atoms with van der Waals surface area (Å²) in [5.74, 6) is 1.50. The minimum Gasteiger partial charge on any atom is -0.454 e. The summed E-state index contributed by atoms with van der Waals surface area (Å²) in [7, 11) is 0. The number of aromatic nitrogens is 2. The summed E-state index contributed by atoms with van der Waals surface area (Å²) in [5.41, 5.74) is 2.31. The lowest BCUT2D eigenvalue weighted by atomic mass is 9.63. The Hall–Kier alpha value is -2.37. The van der Waals surface area contributed by atoms with Crippen molar-refractivity contribution in [2.75, 3.05) is 13.3 Å². The van der Waals surface area contributed by atoms with Gasteiger partial charge in [-0.05, 0) is 24.7 Å². The van der Waals surface area contributed by atoms with Gasteiger partial charge < -0.3 is 14.8 Å². The molecule has 6 nitrogen and oxygen atoms in total. The Morgan fingerprint density at radius 3 is 2.36 bits per heavy atom. The van der Waals surface area contributed by atoms with Gasteiger partial charge in [0.25, 0.3) is 0 Å². The standard InChI is InChI=1S/C22H27N3O3/c1-5-6-9-23-19(26)22-8-7-21(4,20(22,2)3)17-18(22)25-14-11-16-15(27-12-28-16)10-13(14)24-17/h10-11H,5-9,12H2,1-4H3,(H,23,26). The summed E-state index contributed by atoms with van der Waals surface area (Å²) >= 11 is 0. The van der Waals surface area contributed by atoms with Crippen molar-refractivity contribution in [3.8, 4) is 11.5 Å². The average Bonchev–Trinajstić information content (AvgIpc) is 3.24. The van der Waals surface area contributed by atoms with Crippen molar-refractivity contribution in [1.82, 2.24) is 15.3 Å². The van der Waals surface area contributed by atoms with Crippen molar-refractivity contribution in [2.45, 2.75) is 64.2 Å². The van der Waals surface area contributed by atoms with E-state index in [4.69, 9.17) is 19.4 Å². The Labute approximate surface area is 165 Å². The van der Waals surface area contributed by atoms with Crippen LogP contribution in [0.15, 0.2) is 12.1 Å². The van der Waals surface area contributed by atoms with Gasteiger partial charge in [0.05, 0.1) is 27.8 Å². The molecule has 2 unspecified atom stereocenters. The molecule has 1 saturated carbocycles. The summed E-state index contributed by atoms with van der Waals surface area (Å²) in [6.45, 7) is 9.72. The van der Waals surface area contributed by atoms with Crippen LogP contribution in [0.2, 0.25) is 0 Å². The van der Waals surface area contributed by atoms with Crippen LogP contribution in [-0.2, 0) is 15.6 Å². The largest absolute Gasteiger partial charge is 0.454 e. The summed E-state index contributed by atoms with van der Waals surface area (Å²) in [5, 5.41) is 3.20. The molecule has 1 amide bonds.